The normalized spacial score (nSPS) is 17.1. The third-order valence-corrected chi connectivity index (χ3v) is 7.31. The van der Waals surface area contributed by atoms with Gasteiger partial charge >= 0.3 is 0 Å². The molecule has 0 amide bonds. The molecule has 0 spiro atoms. The van der Waals surface area contributed by atoms with Crippen LogP contribution in [-0.4, -0.2) is 69.2 Å². The Balaban J connectivity index is 1.81. The van der Waals surface area contributed by atoms with Gasteiger partial charge in [0.2, 0.25) is 10.0 Å². The number of guanidine groups is 1. The first kappa shape index (κ1) is 21.1. The van der Waals surface area contributed by atoms with E-state index in [9.17, 15) is 8.42 Å². The summed E-state index contributed by atoms with van der Waals surface area (Å²) in [4.78, 5) is 4.20. The first-order valence-electron chi connectivity index (χ1n) is 8.91. The van der Waals surface area contributed by atoms with Gasteiger partial charge in [-0.05, 0) is 5.56 Å². The van der Waals surface area contributed by atoms with Crippen molar-refractivity contribution in [2.75, 3.05) is 50.5 Å². The summed E-state index contributed by atoms with van der Waals surface area (Å²) in [5, 5.41) is 6.42. The second kappa shape index (κ2) is 9.62. The van der Waals surface area contributed by atoms with Crippen molar-refractivity contribution in [3.05, 3.63) is 35.9 Å². The Morgan fingerprint density at radius 2 is 1.85 bits per heavy atom. The molecule has 26 heavy (non-hydrogen) atoms. The van der Waals surface area contributed by atoms with Gasteiger partial charge in [0.05, 0.1) is 5.75 Å². The Bertz CT molecular complexity index is 684. The van der Waals surface area contributed by atoms with Gasteiger partial charge in [0.25, 0.3) is 0 Å². The van der Waals surface area contributed by atoms with E-state index in [0.29, 0.717) is 32.1 Å². The highest BCUT2D eigenvalue weighted by molar-refractivity contribution is 7.99. The van der Waals surface area contributed by atoms with E-state index in [1.807, 2.05) is 18.2 Å². The number of sulfonamides is 1. The quantitative estimate of drug-likeness (QED) is 0.538. The van der Waals surface area contributed by atoms with Crippen LogP contribution in [-0.2, 0) is 15.4 Å². The van der Waals surface area contributed by atoms with Crippen LogP contribution < -0.4 is 10.6 Å². The molecule has 1 heterocycles. The average Bonchev–Trinajstić information content (AvgIpc) is 2.66. The van der Waals surface area contributed by atoms with Crippen molar-refractivity contribution >= 4 is 27.7 Å². The number of thioether (sulfide) groups is 1. The summed E-state index contributed by atoms with van der Waals surface area (Å²) >= 11 is 1.80. The van der Waals surface area contributed by atoms with Gasteiger partial charge in [-0.2, -0.15) is 11.8 Å². The van der Waals surface area contributed by atoms with Crippen molar-refractivity contribution in [3.63, 3.8) is 0 Å². The molecule has 6 nitrogen and oxygen atoms in total. The topological polar surface area (TPSA) is 73.8 Å². The molecule has 1 aliphatic rings. The first-order chi connectivity index (χ1) is 12.3. The minimum absolute atomic E-state index is 0.0591. The highest BCUT2D eigenvalue weighted by Crippen LogP contribution is 2.21. The van der Waals surface area contributed by atoms with E-state index in [-0.39, 0.29) is 11.2 Å². The number of hydrogen-bond acceptors (Lipinski definition) is 4. The number of benzene rings is 1. The van der Waals surface area contributed by atoms with E-state index in [0.717, 1.165) is 11.5 Å². The van der Waals surface area contributed by atoms with Crippen LogP contribution in [0.25, 0.3) is 0 Å². The van der Waals surface area contributed by atoms with E-state index < -0.39 is 10.0 Å². The van der Waals surface area contributed by atoms with E-state index in [1.54, 1.807) is 23.1 Å². The van der Waals surface area contributed by atoms with Gasteiger partial charge in [0.15, 0.2) is 5.96 Å². The molecule has 1 aromatic carbocycles. The summed E-state index contributed by atoms with van der Waals surface area (Å²) in [5.74, 6) is 2.47. The third-order valence-electron chi connectivity index (χ3n) is 4.49. The lowest BCUT2D eigenvalue weighted by atomic mass is 9.85. The minimum Gasteiger partial charge on any atom is -0.356 e. The van der Waals surface area contributed by atoms with Crippen molar-refractivity contribution in [1.82, 2.24) is 14.9 Å². The molecule has 2 rings (SSSR count). The van der Waals surface area contributed by atoms with Crippen LogP contribution in [0.1, 0.15) is 19.4 Å². The van der Waals surface area contributed by atoms with Gasteiger partial charge in [-0.1, -0.05) is 44.2 Å². The third kappa shape index (κ3) is 6.17. The largest absolute Gasteiger partial charge is 0.356 e. The van der Waals surface area contributed by atoms with Gasteiger partial charge in [-0.15, -0.1) is 0 Å². The maximum absolute atomic E-state index is 12.4. The Hall–Kier alpha value is -1.25. The molecule has 1 fully saturated rings. The molecule has 0 aromatic heterocycles. The maximum Gasteiger partial charge on any atom is 0.215 e. The smallest absolute Gasteiger partial charge is 0.215 e. The maximum atomic E-state index is 12.4. The van der Waals surface area contributed by atoms with Crippen molar-refractivity contribution < 1.29 is 8.42 Å². The summed E-state index contributed by atoms with van der Waals surface area (Å²) in [6, 6.07) is 10.3. The van der Waals surface area contributed by atoms with Crippen molar-refractivity contribution in [2.45, 2.75) is 19.3 Å². The lowest BCUT2D eigenvalue weighted by Crippen LogP contribution is -2.46. The van der Waals surface area contributed by atoms with Gasteiger partial charge < -0.3 is 10.6 Å². The fourth-order valence-electron chi connectivity index (χ4n) is 2.77. The predicted molar refractivity (Wildman–Crippen MR) is 112 cm³/mol. The van der Waals surface area contributed by atoms with E-state index in [2.05, 4.69) is 41.6 Å². The van der Waals surface area contributed by atoms with E-state index in [1.165, 1.54) is 5.56 Å². The zero-order chi connectivity index (χ0) is 19.0. The monoisotopic (exact) mass is 398 g/mol. The van der Waals surface area contributed by atoms with Crippen LogP contribution in [0.15, 0.2) is 35.3 Å². The first-order valence-corrected chi connectivity index (χ1v) is 11.7. The Morgan fingerprint density at radius 3 is 2.46 bits per heavy atom. The summed E-state index contributed by atoms with van der Waals surface area (Å²) < 4.78 is 26.3. The molecule has 8 heteroatoms. The van der Waals surface area contributed by atoms with Gasteiger partial charge in [-0.3, -0.25) is 4.99 Å². The minimum atomic E-state index is -3.20. The standard InChI is InChI=1S/C18H30N4O2S2/c1-18(2,16-7-5-4-6-8-16)15-21-17(19-3)20-9-14-26(23,24)22-10-12-25-13-11-22/h4-8H,9-15H2,1-3H3,(H2,19,20,21). The zero-order valence-electron chi connectivity index (χ0n) is 15.9. The summed E-state index contributed by atoms with van der Waals surface area (Å²) in [6.07, 6.45) is 0. The van der Waals surface area contributed by atoms with Crippen LogP contribution in [0.2, 0.25) is 0 Å². The molecule has 0 saturated carbocycles. The van der Waals surface area contributed by atoms with E-state index >= 15 is 0 Å². The molecule has 1 saturated heterocycles. The van der Waals surface area contributed by atoms with Crippen molar-refractivity contribution in [2.24, 2.45) is 4.99 Å². The molecule has 2 N–H and O–H groups in total. The molecule has 0 unspecified atom stereocenters. The SMILES string of the molecule is CN=C(NCCS(=O)(=O)N1CCSCC1)NCC(C)(C)c1ccccc1. The van der Waals surface area contributed by atoms with Crippen molar-refractivity contribution in [1.29, 1.82) is 0 Å². The number of aliphatic imine (C=N–C) groups is 1. The van der Waals surface area contributed by atoms with Gasteiger partial charge in [0, 0.05) is 50.1 Å². The van der Waals surface area contributed by atoms with Crippen LogP contribution in [0, 0.1) is 0 Å². The lowest BCUT2D eigenvalue weighted by molar-refractivity contribution is 0.443. The molecule has 1 aliphatic heterocycles. The molecular formula is C18H30N4O2S2. The zero-order valence-corrected chi connectivity index (χ0v) is 17.5. The van der Waals surface area contributed by atoms with Gasteiger partial charge in [-0.25, -0.2) is 12.7 Å². The summed E-state index contributed by atoms with van der Waals surface area (Å²) in [7, 11) is -1.50. The second-order valence-electron chi connectivity index (χ2n) is 6.93. The Kier molecular flexibility index (Phi) is 7.79. The molecule has 1 aromatic rings. The van der Waals surface area contributed by atoms with Crippen LogP contribution in [0.3, 0.4) is 0 Å². The summed E-state index contributed by atoms with van der Waals surface area (Å²) in [6.45, 7) is 6.61. The number of nitrogens with zero attached hydrogens (tertiary/aromatic N) is 2. The van der Waals surface area contributed by atoms with E-state index in [4.69, 9.17) is 0 Å². The number of rotatable bonds is 7. The number of hydrogen-bond donors (Lipinski definition) is 2. The molecular weight excluding hydrogens is 368 g/mol. The Labute approximate surface area is 161 Å². The summed E-state index contributed by atoms with van der Waals surface area (Å²) in [5.41, 5.74) is 1.18. The van der Waals surface area contributed by atoms with Crippen LogP contribution in [0.4, 0.5) is 0 Å². The molecule has 146 valence electrons. The van der Waals surface area contributed by atoms with Crippen molar-refractivity contribution in [3.8, 4) is 0 Å². The van der Waals surface area contributed by atoms with Gasteiger partial charge in [0.1, 0.15) is 0 Å². The highest BCUT2D eigenvalue weighted by Gasteiger charge is 2.24. The fourth-order valence-corrected chi connectivity index (χ4v) is 5.26. The van der Waals surface area contributed by atoms with Crippen LogP contribution in [0.5, 0.6) is 0 Å². The second-order valence-corrected chi connectivity index (χ2v) is 10.2. The Morgan fingerprint density at radius 1 is 1.19 bits per heavy atom. The average molecular weight is 399 g/mol. The van der Waals surface area contributed by atoms with Crippen LogP contribution >= 0.6 is 11.8 Å². The molecule has 0 bridgehead atoms. The lowest BCUT2D eigenvalue weighted by Gasteiger charge is -2.27. The molecule has 0 radical (unpaired) electrons. The fraction of sp³-hybridized carbons (Fsp3) is 0.611. The predicted octanol–water partition coefficient (Wildman–Crippen LogP) is 1.51. The molecule has 0 atom stereocenters. The molecule has 0 aliphatic carbocycles. The highest BCUT2D eigenvalue weighted by atomic mass is 32.2. The number of nitrogens with one attached hydrogen (secondary N) is 2.